The largest absolute Gasteiger partial charge is 1.00 e. The molecule has 0 saturated heterocycles. The maximum atomic E-state index is 11.7. The molecule has 0 fully saturated rings. The summed E-state index contributed by atoms with van der Waals surface area (Å²) in [4.78, 5) is 11.7. The van der Waals surface area contributed by atoms with Gasteiger partial charge < -0.3 is 22.8 Å². The highest BCUT2D eigenvalue weighted by Gasteiger charge is 2.11. The van der Waals surface area contributed by atoms with Crippen molar-refractivity contribution in [2.24, 2.45) is 0 Å². The molecule has 2 aromatic rings. The van der Waals surface area contributed by atoms with E-state index in [0.29, 0.717) is 0 Å². The average Bonchev–Trinajstić information content (AvgIpc) is 2.86. The van der Waals surface area contributed by atoms with Crippen molar-refractivity contribution in [3.05, 3.63) is 54.6 Å². The number of hydrogen-bond acceptors (Lipinski definition) is 2. The molecule has 114 valence electrons. The van der Waals surface area contributed by atoms with Crippen molar-refractivity contribution in [1.82, 2.24) is 9.88 Å². The monoisotopic (exact) mass is 309 g/mol. The zero-order valence-electron chi connectivity index (χ0n) is 11.9. The topological polar surface area (TPSA) is 58.1 Å². The number of hydrogen-bond donors (Lipinski definition) is 2. The zero-order chi connectivity index (χ0) is 14.4. The molecule has 5 nitrogen and oxygen atoms in total. The van der Waals surface area contributed by atoms with Crippen molar-refractivity contribution in [2.45, 2.75) is 26.1 Å². The maximum Gasteiger partial charge on any atom is 0.262 e. The first kappa shape index (κ1) is 17.2. The number of aliphatic hydroxyl groups excluding tert-OH is 1. The van der Waals surface area contributed by atoms with Gasteiger partial charge in [0.1, 0.15) is 18.9 Å². The summed E-state index contributed by atoms with van der Waals surface area (Å²) in [5.41, 5.74) is 1.22. The van der Waals surface area contributed by atoms with Gasteiger partial charge in [-0.3, -0.25) is 4.79 Å². The summed E-state index contributed by atoms with van der Waals surface area (Å²) < 4.78 is 3.85. The van der Waals surface area contributed by atoms with Crippen molar-refractivity contribution in [3.63, 3.8) is 0 Å². The Morgan fingerprint density at radius 3 is 2.76 bits per heavy atom. The Morgan fingerprint density at radius 2 is 2.10 bits per heavy atom. The van der Waals surface area contributed by atoms with Crippen LogP contribution < -0.4 is 22.3 Å². The van der Waals surface area contributed by atoms with Crippen molar-refractivity contribution in [2.75, 3.05) is 6.61 Å². The Labute approximate surface area is 130 Å². The van der Waals surface area contributed by atoms with Crippen molar-refractivity contribution < 1.29 is 26.9 Å². The number of aromatic nitrogens is 2. The number of nitrogens with one attached hydrogen (secondary N) is 1. The molecule has 21 heavy (non-hydrogen) atoms. The van der Waals surface area contributed by atoms with Crippen LogP contribution >= 0.6 is 0 Å². The van der Waals surface area contributed by atoms with E-state index in [1.807, 2.05) is 46.1 Å². The van der Waals surface area contributed by atoms with Gasteiger partial charge >= 0.3 is 0 Å². The Bertz CT molecular complexity index is 557. The van der Waals surface area contributed by atoms with E-state index in [1.165, 1.54) is 5.56 Å². The number of nitrogens with zero attached hydrogens (tertiary/aromatic N) is 2. The molecule has 0 aliphatic heterocycles. The van der Waals surface area contributed by atoms with Crippen LogP contribution in [0, 0.1) is 0 Å². The first-order valence-corrected chi connectivity index (χ1v) is 6.66. The van der Waals surface area contributed by atoms with Crippen molar-refractivity contribution >= 4 is 5.91 Å². The first-order chi connectivity index (χ1) is 9.67. The van der Waals surface area contributed by atoms with Gasteiger partial charge in [-0.1, -0.05) is 30.3 Å². The van der Waals surface area contributed by atoms with Gasteiger partial charge in [0.25, 0.3) is 5.91 Å². The van der Waals surface area contributed by atoms with Crippen LogP contribution in [-0.4, -0.2) is 28.2 Å². The SMILES string of the molecule is C[C@@H](CO)NC(=O)Cn1cc[n+](Cc2ccccc2)c1.[Cl-]. The van der Waals surface area contributed by atoms with Crippen LogP contribution in [0.15, 0.2) is 49.1 Å². The number of rotatable bonds is 6. The van der Waals surface area contributed by atoms with Gasteiger partial charge in [-0.05, 0) is 12.5 Å². The molecule has 0 aliphatic carbocycles. The lowest BCUT2D eigenvalue weighted by Crippen LogP contribution is -3.00. The van der Waals surface area contributed by atoms with E-state index < -0.39 is 0 Å². The summed E-state index contributed by atoms with van der Waals surface area (Å²) in [6, 6.07) is 9.94. The standard InChI is InChI=1S/C15H19N3O2.ClH/c1-13(11-19)16-15(20)10-18-8-7-17(12-18)9-14-5-3-2-4-6-14;/h2-8,12-13,19H,9-11H2,1H3;1H/t13-;/m0./s1. The molecule has 1 heterocycles. The number of imidazole rings is 1. The molecule has 2 N–H and O–H groups in total. The van der Waals surface area contributed by atoms with E-state index in [1.54, 1.807) is 6.92 Å². The van der Waals surface area contributed by atoms with Crippen LogP contribution in [-0.2, 0) is 17.9 Å². The Balaban J connectivity index is 0.00000220. The number of carbonyl (C=O) groups is 1. The van der Waals surface area contributed by atoms with Gasteiger partial charge in [0.15, 0.2) is 6.54 Å². The third-order valence-electron chi connectivity index (χ3n) is 2.96. The number of aliphatic hydroxyl groups is 1. The number of amides is 1. The minimum Gasteiger partial charge on any atom is -1.00 e. The fraction of sp³-hybridized carbons (Fsp3) is 0.333. The van der Waals surface area contributed by atoms with Crippen LogP contribution in [0.4, 0.5) is 0 Å². The van der Waals surface area contributed by atoms with Crippen LogP contribution in [0.25, 0.3) is 0 Å². The fourth-order valence-electron chi connectivity index (χ4n) is 1.95. The fourth-order valence-corrected chi connectivity index (χ4v) is 1.95. The van der Waals surface area contributed by atoms with Gasteiger partial charge in [0, 0.05) is 6.04 Å². The summed E-state index contributed by atoms with van der Waals surface area (Å²) in [6.07, 6.45) is 5.71. The summed E-state index contributed by atoms with van der Waals surface area (Å²) in [6.45, 7) is 2.75. The van der Waals surface area contributed by atoms with Crippen LogP contribution in [0.1, 0.15) is 12.5 Å². The highest BCUT2D eigenvalue weighted by Crippen LogP contribution is 1.97. The number of carbonyl (C=O) groups excluding carboxylic acids is 1. The molecular formula is C15H20ClN3O2. The van der Waals surface area contributed by atoms with E-state index in [-0.39, 0.29) is 37.5 Å². The van der Waals surface area contributed by atoms with Gasteiger partial charge in [-0.25, -0.2) is 9.13 Å². The molecule has 0 bridgehead atoms. The van der Waals surface area contributed by atoms with Gasteiger partial charge in [-0.15, -0.1) is 0 Å². The highest BCUT2D eigenvalue weighted by atomic mass is 35.5. The molecule has 0 aliphatic rings. The number of benzene rings is 1. The zero-order valence-corrected chi connectivity index (χ0v) is 12.7. The summed E-state index contributed by atoms with van der Waals surface area (Å²) in [7, 11) is 0. The molecule has 1 aromatic carbocycles. The molecule has 0 saturated carbocycles. The van der Waals surface area contributed by atoms with Crippen molar-refractivity contribution in [1.29, 1.82) is 0 Å². The lowest BCUT2D eigenvalue weighted by molar-refractivity contribution is -0.687. The quantitative estimate of drug-likeness (QED) is 0.572. The second-order valence-electron chi connectivity index (χ2n) is 4.90. The second-order valence-corrected chi connectivity index (χ2v) is 4.90. The third kappa shape index (κ3) is 5.57. The van der Waals surface area contributed by atoms with Gasteiger partial charge in [0.2, 0.25) is 6.33 Å². The Hall–Kier alpha value is -1.85. The molecular weight excluding hydrogens is 290 g/mol. The van der Waals surface area contributed by atoms with Crippen LogP contribution in [0.3, 0.4) is 0 Å². The first-order valence-electron chi connectivity index (χ1n) is 6.66. The molecule has 0 radical (unpaired) electrons. The normalized spacial score (nSPS) is 11.5. The highest BCUT2D eigenvalue weighted by molar-refractivity contribution is 5.75. The minimum atomic E-state index is -0.213. The maximum absolute atomic E-state index is 11.7. The predicted octanol–water partition coefficient (Wildman–Crippen LogP) is -2.68. The summed E-state index contributed by atoms with van der Waals surface area (Å²) in [5.74, 6) is -0.103. The lowest BCUT2D eigenvalue weighted by Gasteiger charge is -2.08. The Kier molecular flexibility index (Phi) is 6.91. The molecule has 1 atom stereocenters. The molecule has 2 rings (SSSR count). The Morgan fingerprint density at radius 1 is 1.38 bits per heavy atom. The molecule has 0 spiro atoms. The van der Waals surface area contributed by atoms with Crippen LogP contribution in [0.2, 0.25) is 0 Å². The average molecular weight is 310 g/mol. The summed E-state index contributed by atoms with van der Waals surface area (Å²) in [5, 5.41) is 11.6. The second kappa shape index (κ2) is 8.44. The minimum absolute atomic E-state index is 0. The van der Waals surface area contributed by atoms with E-state index in [2.05, 4.69) is 17.4 Å². The third-order valence-corrected chi connectivity index (χ3v) is 2.96. The summed E-state index contributed by atoms with van der Waals surface area (Å²) >= 11 is 0. The van der Waals surface area contributed by atoms with Crippen LogP contribution in [0.5, 0.6) is 0 Å². The van der Waals surface area contributed by atoms with E-state index in [9.17, 15) is 4.79 Å². The van der Waals surface area contributed by atoms with E-state index in [0.717, 1.165) is 6.54 Å². The van der Waals surface area contributed by atoms with E-state index in [4.69, 9.17) is 5.11 Å². The lowest BCUT2D eigenvalue weighted by atomic mass is 10.2. The van der Waals surface area contributed by atoms with Gasteiger partial charge in [-0.2, -0.15) is 0 Å². The molecule has 6 heteroatoms. The smallest absolute Gasteiger partial charge is 0.262 e. The number of halogens is 1. The van der Waals surface area contributed by atoms with E-state index >= 15 is 0 Å². The molecule has 1 amide bonds. The van der Waals surface area contributed by atoms with Gasteiger partial charge in [0.05, 0.1) is 6.61 Å². The molecule has 0 unspecified atom stereocenters. The molecule has 1 aromatic heterocycles. The predicted molar refractivity (Wildman–Crippen MR) is 74.9 cm³/mol. The van der Waals surface area contributed by atoms with Crippen molar-refractivity contribution in [3.8, 4) is 0 Å².